The average molecular weight is 280 g/mol. The van der Waals surface area contributed by atoms with Crippen molar-refractivity contribution >= 4 is 17.5 Å². The number of carbonyl (C=O) groups excluding carboxylic acids is 1. The molecule has 0 bridgehead atoms. The normalized spacial score (nSPS) is 21.8. The van der Waals surface area contributed by atoms with Crippen LogP contribution in [0.25, 0.3) is 0 Å². The van der Waals surface area contributed by atoms with Crippen LogP contribution in [0.2, 0.25) is 0 Å². The van der Waals surface area contributed by atoms with E-state index in [1.54, 1.807) is 0 Å². The quantitative estimate of drug-likeness (QED) is 0.757. The minimum absolute atomic E-state index is 0.235. The van der Waals surface area contributed by atoms with Crippen molar-refractivity contribution in [2.24, 2.45) is 5.92 Å². The number of hydrogen-bond donors (Lipinski definition) is 0. The maximum Gasteiger partial charge on any atom is 0.222 e. The third-order valence-corrected chi connectivity index (χ3v) is 4.24. The van der Waals surface area contributed by atoms with Crippen LogP contribution in [0.15, 0.2) is 24.3 Å². The van der Waals surface area contributed by atoms with E-state index in [9.17, 15) is 4.79 Å². The molecule has 1 aromatic carbocycles. The number of aryl methyl sites for hydroxylation is 2. The summed E-state index contributed by atoms with van der Waals surface area (Å²) in [5.41, 5.74) is 2.49. The van der Waals surface area contributed by atoms with Crippen molar-refractivity contribution in [3.8, 4) is 0 Å². The molecule has 0 spiro atoms. The van der Waals surface area contributed by atoms with Gasteiger partial charge in [-0.1, -0.05) is 29.8 Å². The lowest BCUT2D eigenvalue weighted by Gasteiger charge is -2.34. The van der Waals surface area contributed by atoms with Gasteiger partial charge in [-0.15, -0.1) is 11.6 Å². The Hall–Kier alpha value is -1.02. The molecule has 1 amide bonds. The van der Waals surface area contributed by atoms with E-state index in [-0.39, 0.29) is 5.91 Å². The maximum atomic E-state index is 12.0. The number of halogens is 1. The van der Waals surface area contributed by atoms with Gasteiger partial charge in [0.05, 0.1) is 0 Å². The fourth-order valence-corrected chi connectivity index (χ4v) is 2.99. The Kier molecular flexibility index (Phi) is 4.87. The monoisotopic (exact) mass is 279 g/mol. The van der Waals surface area contributed by atoms with Gasteiger partial charge in [-0.25, -0.2) is 0 Å². The van der Waals surface area contributed by atoms with Gasteiger partial charge in [-0.3, -0.25) is 4.79 Å². The van der Waals surface area contributed by atoms with Crippen LogP contribution >= 0.6 is 11.6 Å². The summed E-state index contributed by atoms with van der Waals surface area (Å²) in [7, 11) is 1.90. The third kappa shape index (κ3) is 4.24. The summed E-state index contributed by atoms with van der Waals surface area (Å²) in [6.07, 6.45) is 3.52. The molecular formula is C16H22ClNO. The zero-order chi connectivity index (χ0) is 13.8. The summed E-state index contributed by atoms with van der Waals surface area (Å²) in [5, 5.41) is 0.334. The second-order valence-corrected chi connectivity index (χ2v) is 6.31. The Morgan fingerprint density at radius 2 is 1.95 bits per heavy atom. The van der Waals surface area contributed by atoms with Crippen molar-refractivity contribution < 1.29 is 4.79 Å². The molecule has 0 aromatic heterocycles. The van der Waals surface area contributed by atoms with Crippen molar-refractivity contribution in [1.29, 1.82) is 0 Å². The Labute approximate surface area is 120 Å². The number of nitrogens with zero attached hydrogens (tertiary/aromatic N) is 1. The van der Waals surface area contributed by atoms with E-state index in [4.69, 9.17) is 11.6 Å². The molecule has 3 heteroatoms. The lowest BCUT2D eigenvalue weighted by Crippen LogP contribution is -2.38. The van der Waals surface area contributed by atoms with Crippen molar-refractivity contribution in [2.75, 3.05) is 13.6 Å². The smallest absolute Gasteiger partial charge is 0.222 e. The molecule has 1 saturated carbocycles. The highest BCUT2D eigenvalue weighted by atomic mass is 35.5. The summed E-state index contributed by atoms with van der Waals surface area (Å²) >= 11 is 5.96. The van der Waals surface area contributed by atoms with Gasteiger partial charge in [0.1, 0.15) is 0 Å². The fraction of sp³-hybridized carbons (Fsp3) is 0.562. The maximum absolute atomic E-state index is 12.0. The summed E-state index contributed by atoms with van der Waals surface area (Å²) < 4.78 is 0. The molecule has 104 valence electrons. The highest BCUT2D eigenvalue weighted by Crippen LogP contribution is 2.32. The van der Waals surface area contributed by atoms with Crippen LogP contribution in [0.3, 0.4) is 0 Å². The molecule has 0 saturated heterocycles. The van der Waals surface area contributed by atoms with E-state index >= 15 is 0 Å². The highest BCUT2D eigenvalue weighted by Gasteiger charge is 2.28. The molecule has 0 aliphatic heterocycles. The van der Waals surface area contributed by atoms with Gasteiger partial charge < -0.3 is 4.90 Å². The molecule has 19 heavy (non-hydrogen) atoms. The Morgan fingerprint density at radius 1 is 1.32 bits per heavy atom. The number of carbonyl (C=O) groups is 1. The summed E-state index contributed by atoms with van der Waals surface area (Å²) in [6.45, 7) is 2.93. The van der Waals surface area contributed by atoms with Crippen LogP contribution < -0.4 is 0 Å². The summed E-state index contributed by atoms with van der Waals surface area (Å²) in [6, 6.07) is 8.40. The average Bonchev–Trinajstić information content (AvgIpc) is 2.35. The van der Waals surface area contributed by atoms with Crippen LogP contribution in [0, 0.1) is 12.8 Å². The van der Waals surface area contributed by atoms with Gasteiger partial charge in [-0.05, 0) is 37.7 Å². The van der Waals surface area contributed by atoms with Crippen molar-refractivity contribution in [3.63, 3.8) is 0 Å². The minimum Gasteiger partial charge on any atom is -0.345 e. The number of benzene rings is 1. The molecule has 2 nitrogen and oxygen atoms in total. The van der Waals surface area contributed by atoms with Gasteiger partial charge in [0, 0.05) is 25.4 Å². The third-order valence-electron chi connectivity index (χ3n) is 3.88. The predicted octanol–water partition coefficient (Wildman–Crippen LogP) is 3.40. The van der Waals surface area contributed by atoms with Crippen LogP contribution in [0.4, 0.5) is 0 Å². The van der Waals surface area contributed by atoms with Crippen molar-refractivity contribution in [2.45, 2.75) is 38.0 Å². The van der Waals surface area contributed by atoms with Gasteiger partial charge in [0.2, 0.25) is 5.91 Å². The number of rotatable bonds is 5. The van der Waals surface area contributed by atoms with Crippen molar-refractivity contribution in [1.82, 2.24) is 4.90 Å². The molecule has 2 rings (SSSR count). The standard InChI is InChI=1S/C16H22ClNO/c1-12-3-5-13(6-4-12)7-8-16(19)18(2)11-14-9-15(17)10-14/h3-6,14-15H,7-11H2,1-2H3. The van der Waals surface area contributed by atoms with Crippen LogP contribution in [0.1, 0.15) is 30.4 Å². The molecule has 1 aliphatic rings. The topological polar surface area (TPSA) is 20.3 Å². The molecular weight excluding hydrogens is 258 g/mol. The Morgan fingerprint density at radius 3 is 2.53 bits per heavy atom. The van der Waals surface area contributed by atoms with Crippen LogP contribution in [0.5, 0.6) is 0 Å². The largest absolute Gasteiger partial charge is 0.345 e. The Bertz CT molecular complexity index is 423. The first-order valence-corrected chi connectivity index (χ1v) is 7.42. The Balaban J connectivity index is 1.72. The van der Waals surface area contributed by atoms with E-state index in [2.05, 4.69) is 31.2 Å². The molecule has 1 aliphatic carbocycles. The molecule has 1 aromatic rings. The van der Waals surface area contributed by atoms with E-state index in [0.717, 1.165) is 25.8 Å². The predicted molar refractivity (Wildman–Crippen MR) is 79.5 cm³/mol. The molecule has 1 fully saturated rings. The van der Waals surface area contributed by atoms with E-state index in [1.165, 1.54) is 11.1 Å². The molecule has 0 heterocycles. The molecule has 0 unspecified atom stereocenters. The number of hydrogen-bond acceptors (Lipinski definition) is 1. The molecule has 0 N–H and O–H groups in total. The second kappa shape index (κ2) is 6.42. The van der Waals surface area contributed by atoms with E-state index in [0.29, 0.717) is 17.7 Å². The van der Waals surface area contributed by atoms with Crippen molar-refractivity contribution in [3.05, 3.63) is 35.4 Å². The van der Waals surface area contributed by atoms with Gasteiger partial charge in [-0.2, -0.15) is 0 Å². The van der Waals surface area contributed by atoms with E-state index in [1.807, 2.05) is 11.9 Å². The van der Waals surface area contributed by atoms with Gasteiger partial charge >= 0.3 is 0 Å². The fourth-order valence-electron chi connectivity index (χ4n) is 2.49. The summed E-state index contributed by atoms with van der Waals surface area (Å²) in [5.74, 6) is 0.842. The highest BCUT2D eigenvalue weighted by molar-refractivity contribution is 6.21. The van der Waals surface area contributed by atoms with Crippen LogP contribution in [-0.2, 0) is 11.2 Å². The van der Waals surface area contributed by atoms with Gasteiger partial charge in [0.15, 0.2) is 0 Å². The first-order valence-electron chi connectivity index (χ1n) is 6.98. The summed E-state index contributed by atoms with van der Waals surface area (Å²) in [4.78, 5) is 13.9. The van der Waals surface area contributed by atoms with Gasteiger partial charge in [0.25, 0.3) is 0 Å². The SMILES string of the molecule is Cc1ccc(CCC(=O)N(C)CC2CC(Cl)C2)cc1. The lowest BCUT2D eigenvalue weighted by atomic mass is 9.84. The van der Waals surface area contributed by atoms with Crippen LogP contribution in [-0.4, -0.2) is 29.8 Å². The minimum atomic E-state index is 0.235. The first kappa shape index (κ1) is 14.4. The number of alkyl halides is 1. The molecule has 0 radical (unpaired) electrons. The second-order valence-electron chi connectivity index (χ2n) is 5.69. The lowest BCUT2D eigenvalue weighted by molar-refractivity contribution is -0.130. The van der Waals surface area contributed by atoms with E-state index < -0.39 is 0 Å². The molecule has 0 atom stereocenters. The first-order chi connectivity index (χ1) is 9.04. The zero-order valence-electron chi connectivity index (χ0n) is 11.7. The number of amides is 1. The zero-order valence-corrected chi connectivity index (χ0v) is 12.5.